The number of fused-ring (bicyclic) bond motifs is 1. The highest BCUT2D eigenvalue weighted by atomic mass is 16.4. The van der Waals surface area contributed by atoms with E-state index < -0.39 is 5.54 Å². The summed E-state index contributed by atoms with van der Waals surface area (Å²) in [6.07, 6.45) is 6.40. The number of amides is 1. The fourth-order valence-electron chi connectivity index (χ4n) is 5.92. The highest BCUT2D eigenvalue weighted by molar-refractivity contribution is 5.96. The van der Waals surface area contributed by atoms with Gasteiger partial charge in [-0.25, -0.2) is 4.98 Å². The number of anilines is 1. The first-order chi connectivity index (χ1) is 17.2. The Morgan fingerprint density at radius 1 is 1.05 bits per heavy atom. The Balaban J connectivity index is 1.44. The molecule has 1 aliphatic carbocycles. The number of carbonyl (C=O) groups is 1. The number of rotatable bonds is 3. The first-order valence-corrected chi connectivity index (χ1v) is 13.7. The van der Waals surface area contributed by atoms with Gasteiger partial charge in [0.15, 0.2) is 11.3 Å². The van der Waals surface area contributed by atoms with Crippen molar-refractivity contribution in [2.75, 3.05) is 24.5 Å². The van der Waals surface area contributed by atoms with Crippen LogP contribution in [0.25, 0.3) is 11.1 Å². The number of aryl methyl sites for hydroxylation is 1. The molecule has 7 heteroatoms. The van der Waals surface area contributed by atoms with Crippen molar-refractivity contribution in [3.8, 4) is 0 Å². The molecular formula is C30H42N4O3. The van der Waals surface area contributed by atoms with Crippen molar-refractivity contribution in [2.45, 2.75) is 97.9 Å². The molecule has 7 nitrogen and oxygen atoms in total. The average Bonchev–Trinajstić information content (AvgIpc) is 3.43. The van der Waals surface area contributed by atoms with Gasteiger partial charge in [0, 0.05) is 42.9 Å². The lowest BCUT2D eigenvalue weighted by Crippen LogP contribution is -2.61. The molecule has 5 rings (SSSR count). The second kappa shape index (κ2) is 8.88. The summed E-state index contributed by atoms with van der Waals surface area (Å²) < 4.78 is 11.9. The Labute approximate surface area is 220 Å². The van der Waals surface area contributed by atoms with E-state index in [4.69, 9.17) is 13.8 Å². The molecule has 0 spiro atoms. The first kappa shape index (κ1) is 25.8. The number of carbonyl (C=O) groups excluding carboxylic acids is 1. The molecule has 37 heavy (non-hydrogen) atoms. The second-order valence-electron chi connectivity index (χ2n) is 13.6. The monoisotopic (exact) mass is 506 g/mol. The number of piperazine rings is 1. The zero-order valence-electron chi connectivity index (χ0n) is 23.8. The lowest BCUT2D eigenvalue weighted by Gasteiger charge is -2.46. The number of aromatic nitrogens is 2. The summed E-state index contributed by atoms with van der Waals surface area (Å²) in [4.78, 5) is 27.4. The molecule has 0 radical (unpaired) electrons. The maximum Gasteiger partial charge on any atom is 0.297 e. The van der Waals surface area contributed by atoms with Crippen LogP contribution in [0.1, 0.15) is 108 Å². The summed E-state index contributed by atoms with van der Waals surface area (Å²) in [5, 5.41) is 0. The van der Waals surface area contributed by atoms with Crippen LogP contribution in [0.5, 0.6) is 0 Å². The standard InChI is InChI=1S/C30H42N4O3/c1-19-17-36-27(31-19)33-13-14-34(30(7,8)18-33)26(35)24-16-23-25(37-24)21(28(2,3)4)15-22(32-23)20-9-11-29(5,6)12-10-20/h15-17,20H,9-14,18H2,1-8H3. The van der Waals surface area contributed by atoms with Gasteiger partial charge in [-0.3, -0.25) is 4.79 Å². The van der Waals surface area contributed by atoms with Gasteiger partial charge in [0.2, 0.25) is 0 Å². The molecule has 0 bridgehead atoms. The van der Waals surface area contributed by atoms with Crippen LogP contribution in [-0.4, -0.2) is 45.9 Å². The van der Waals surface area contributed by atoms with E-state index in [0.29, 0.717) is 42.7 Å². The van der Waals surface area contributed by atoms with Crippen LogP contribution >= 0.6 is 0 Å². The van der Waals surface area contributed by atoms with Gasteiger partial charge in [-0.05, 0) is 63.4 Å². The van der Waals surface area contributed by atoms with Gasteiger partial charge in [-0.1, -0.05) is 34.6 Å². The van der Waals surface area contributed by atoms with Crippen LogP contribution in [-0.2, 0) is 5.41 Å². The molecule has 1 saturated carbocycles. The summed E-state index contributed by atoms with van der Waals surface area (Å²) in [5.74, 6) is 0.730. The number of hydrogen-bond donors (Lipinski definition) is 0. The Hall–Kier alpha value is -2.83. The van der Waals surface area contributed by atoms with Gasteiger partial charge in [-0.2, -0.15) is 4.98 Å². The normalized spacial score (nSPS) is 20.5. The van der Waals surface area contributed by atoms with E-state index >= 15 is 0 Å². The molecule has 0 N–H and O–H groups in total. The van der Waals surface area contributed by atoms with Gasteiger partial charge in [0.25, 0.3) is 11.9 Å². The molecule has 1 saturated heterocycles. The van der Waals surface area contributed by atoms with Crippen molar-refractivity contribution >= 4 is 23.0 Å². The quantitative estimate of drug-likeness (QED) is 0.387. The Morgan fingerprint density at radius 2 is 1.76 bits per heavy atom. The third kappa shape index (κ3) is 5.01. The van der Waals surface area contributed by atoms with Crippen LogP contribution < -0.4 is 4.90 Å². The van der Waals surface area contributed by atoms with Crippen molar-refractivity contribution in [2.24, 2.45) is 5.41 Å². The summed E-state index contributed by atoms with van der Waals surface area (Å²) in [6, 6.07) is 4.71. The summed E-state index contributed by atoms with van der Waals surface area (Å²) in [7, 11) is 0. The molecular weight excluding hydrogens is 464 g/mol. The maximum atomic E-state index is 13.8. The van der Waals surface area contributed by atoms with E-state index in [0.717, 1.165) is 40.9 Å². The van der Waals surface area contributed by atoms with E-state index in [1.807, 2.05) is 17.9 Å². The Bertz CT molecular complexity index is 1300. The topological polar surface area (TPSA) is 75.6 Å². The van der Waals surface area contributed by atoms with Gasteiger partial charge in [0.05, 0.1) is 11.2 Å². The van der Waals surface area contributed by atoms with Crippen LogP contribution in [0.2, 0.25) is 0 Å². The van der Waals surface area contributed by atoms with Crippen LogP contribution in [0, 0.1) is 12.3 Å². The third-order valence-corrected chi connectivity index (χ3v) is 8.30. The SMILES string of the molecule is Cc1coc(N2CCN(C(=O)c3cc4nc(C5CCC(C)(C)CC5)cc(C(C)(C)C)c4o3)C(C)(C)C2)n1. The van der Waals surface area contributed by atoms with Crippen molar-refractivity contribution in [3.63, 3.8) is 0 Å². The second-order valence-corrected chi connectivity index (χ2v) is 13.6. The first-order valence-electron chi connectivity index (χ1n) is 13.7. The minimum Gasteiger partial charge on any atom is -0.449 e. The summed E-state index contributed by atoms with van der Waals surface area (Å²) in [6.45, 7) is 19.3. The molecule has 1 amide bonds. The van der Waals surface area contributed by atoms with Crippen molar-refractivity contribution < 1.29 is 13.6 Å². The number of furan rings is 1. The minimum atomic E-state index is -0.420. The minimum absolute atomic E-state index is 0.0907. The Kier molecular flexibility index (Phi) is 6.19. The predicted octanol–water partition coefficient (Wildman–Crippen LogP) is 6.85. The molecule has 2 aliphatic rings. The van der Waals surface area contributed by atoms with E-state index in [-0.39, 0.29) is 11.3 Å². The average molecular weight is 507 g/mol. The summed E-state index contributed by atoms with van der Waals surface area (Å²) >= 11 is 0. The fourth-order valence-corrected chi connectivity index (χ4v) is 5.92. The third-order valence-electron chi connectivity index (χ3n) is 8.30. The number of pyridine rings is 1. The lowest BCUT2D eigenvalue weighted by molar-refractivity contribution is 0.0479. The molecule has 2 fully saturated rings. The van der Waals surface area contributed by atoms with Gasteiger partial charge < -0.3 is 18.6 Å². The van der Waals surface area contributed by atoms with E-state index in [1.165, 1.54) is 12.8 Å². The molecule has 3 aromatic rings. The smallest absolute Gasteiger partial charge is 0.297 e. The summed E-state index contributed by atoms with van der Waals surface area (Å²) in [5.41, 5.74) is 4.52. The molecule has 0 unspecified atom stereocenters. The predicted molar refractivity (Wildman–Crippen MR) is 146 cm³/mol. The van der Waals surface area contributed by atoms with Crippen LogP contribution in [0.15, 0.2) is 27.2 Å². The fraction of sp³-hybridized carbons (Fsp3) is 0.633. The lowest BCUT2D eigenvalue weighted by atomic mass is 9.72. The number of hydrogen-bond acceptors (Lipinski definition) is 6. The van der Waals surface area contributed by atoms with Crippen LogP contribution in [0.4, 0.5) is 6.01 Å². The molecule has 0 aromatic carbocycles. The molecule has 0 atom stereocenters. The highest BCUT2D eigenvalue weighted by Crippen LogP contribution is 2.43. The van der Waals surface area contributed by atoms with Gasteiger partial charge >= 0.3 is 0 Å². The maximum absolute atomic E-state index is 13.8. The Morgan fingerprint density at radius 3 is 2.35 bits per heavy atom. The van der Waals surface area contributed by atoms with Gasteiger partial charge in [0.1, 0.15) is 11.8 Å². The highest BCUT2D eigenvalue weighted by Gasteiger charge is 2.40. The van der Waals surface area contributed by atoms with Crippen molar-refractivity contribution in [3.05, 3.63) is 41.1 Å². The zero-order valence-corrected chi connectivity index (χ0v) is 23.8. The molecule has 3 aromatic heterocycles. The van der Waals surface area contributed by atoms with Crippen LogP contribution in [0.3, 0.4) is 0 Å². The van der Waals surface area contributed by atoms with E-state index in [2.05, 4.69) is 64.4 Å². The van der Waals surface area contributed by atoms with E-state index in [1.54, 1.807) is 6.26 Å². The van der Waals surface area contributed by atoms with Crippen molar-refractivity contribution in [1.29, 1.82) is 0 Å². The molecule has 200 valence electrons. The zero-order chi connectivity index (χ0) is 26.8. The number of nitrogens with zero attached hydrogens (tertiary/aromatic N) is 4. The van der Waals surface area contributed by atoms with E-state index in [9.17, 15) is 4.79 Å². The molecule has 4 heterocycles. The molecule has 1 aliphatic heterocycles. The van der Waals surface area contributed by atoms with Crippen molar-refractivity contribution in [1.82, 2.24) is 14.9 Å². The number of oxazole rings is 1. The largest absolute Gasteiger partial charge is 0.449 e. The van der Waals surface area contributed by atoms with Gasteiger partial charge in [-0.15, -0.1) is 0 Å².